The zero-order valence-corrected chi connectivity index (χ0v) is 10.4. The lowest BCUT2D eigenvalue weighted by atomic mass is 9.97. The van der Waals surface area contributed by atoms with Gasteiger partial charge in [0.2, 0.25) is 0 Å². The minimum Gasteiger partial charge on any atom is -0.361 e. The first-order chi connectivity index (χ1) is 8.18. The molecule has 0 unspecified atom stereocenters. The first-order valence-corrected chi connectivity index (χ1v) is 6.06. The summed E-state index contributed by atoms with van der Waals surface area (Å²) in [5.74, 6) is 1.19. The third kappa shape index (κ3) is 2.85. The third-order valence-electron chi connectivity index (χ3n) is 3.32. The van der Waals surface area contributed by atoms with E-state index in [4.69, 9.17) is 4.52 Å². The van der Waals surface area contributed by atoms with Gasteiger partial charge in [-0.15, -0.1) is 0 Å². The molecule has 17 heavy (non-hydrogen) atoms. The fourth-order valence-corrected chi connectivity index (χ4v) is 2.24. The molecule has 1 aliphatic rings. The zero-order chi connectivity index (χ0) is 12.3. The molecule has 0 spiro atoms. The second-order valence-electron chi connectivity index (χ2n) is 4.67. The van der Waals surface area contributed by atoms with E-state index in [1.165, 1.54) is 6.20 Å². The van der Waals surface area contributed by atoms with E-state index in [9.17, 15) is 4.79 Å². The summed E-state index contributed by atoms with van der Waals surface area (Å²) in [7, 11) is 1.84. The number of hydrogen-bond donors (Lipinski definition) is 1. The molecule has 0 bridgehead atoms. The molecule has 1 saturated heterocycles. The van der Waals surface area contributed by atoms with Crippen LogP contribution in [0.25, 0.3) is 0 Å². The van der Waals surface area contributed by atoms with Gasteiger partial charge in [0.1, 0.15) is 11.3 Å². The molecular weight excluding hydrogens is 218 g/mol. The minimum atomic E-state index is 0.00211. The van der Waals surface area contributed by atoms with E-state index in [1.807, 2.05) is 7.05 Å². The molecule has 0 atom stereocenters. The van der Waals surface area contributed by atoms with Gasteiger partial charge in [-0.1, -0.05) is 5.16 Å². The average Bonchev–Trinajstić information content (AvgIpc) is 2.76. The van der Waals surface area contributed by atoms with Gasteiger partial charge >= 0.3 is 0 Å². The summed E-state index contributed by atoms with van der Waals surface area (Å²) in [5.41, 5.74) is 0.571. The Morgan fingerprint density at radius 3 is 2.88 bits per heavy atom. The van der Waals surface area contributed by atoms with Crippen molar-refractivity contribution < 1.29 is 9.32 Å². The Balaban J connectivity index is 1.93. The Morgan fingerprint density at radius 2 is 2.29 bits per heavy atom. The molecule has 2 rings (SSSR count). The lowest BCUT2D eigenvalue weighted by Crippen LogP contribution is -2.37. The quantitative estimate of drug-likeness (QED) is 0.854. The molecule has 94 valence electrons. The molecule has 0 aromatic carbocycles. The van der Waals surface area contributed by atoms with Crippen LogP contribution in [0, 0.1) is 12.8 Å². The number of amides is 1. The second kappa shape index (κ2) is 5.31. The number of aryl methyl sites for hydroxylation is 1. The first-order valence-electron chi connectivity index (χ1n) is 6.06. The van der Waals surface area contributed by atoms with E-state index in [0.29, 0.717) is 17.2 Å². The van der Waals surface area contributed by atoms with Gasteiger partial charge in [-0.05, 0) is 38.8 Å². The lowest BCUT2D eigenvalue weighted by Gasteiger charge is -2.27. The molecule has 1 aromatic heterocycles. The maximum absolute atomic E-state index is 12.1. The Morgan fingerprint density at radius 1 is 1.59 bits per heavy atom. The predicted molar refractivity (Wildman–Crippen MR) is 63.8 cm³/mol. The number of hydrogen-bond acceptors (Lipinski definition) is 4. The van der Waals surface area contributed by atoms with Crippen LogP contribution in [0.2, 0.25) is 0 Å². The van der Waals surface area contributed by atoms with Crippen molar-refractivity contribution in [1.29, 1.82) is 0 Å². The second-order valence-corrected chi connectivity index (χ2v) is 4.67. The Bertz CT molecular complexity index is 383. The van der Waals surface area contributed by atoms with Crippen molar-refractivity contribution in [3.05, 3.63) is 17.5 Å². The molecule has 5 heteroatoms. The van der Waals surface area contributed by atoms with Crippen LogP contribution in [0.1, 0.15) is 29.0 Å². The van der Waals surface area contributed by atoms with Gasteiger partial charge in [0, 0.05) is 13.6 Å². The summed E-state index contributed by atoms with van der Waals surface area (Å²) in [6.07, 6.45) is 3.77. The predicted octanol–water partition coefficient (Wildman–Crippen LogP) is 1.05. The standard InChI is InChI=1S/C12H19N3O2/c1-9-11(7-14-17-9)12(16)15(2)8-10-3-5-13-6-4-10/h7,10,13H,3-6,8H2,1-2H3. The molecule has 1 N–H and O–H groups in total. The van der Waals surface area contributed by atoms with E-state index in [1.54, 1.807) is 11.8 Å². The molecule has 0 radical (unpaired) electrons. The number of aromatic nitrogens is 1. The average molecular weight is 237 g/mol. The van der Waals surface area contributed by atoms with Gasteiger partial charge in [-0.3, -0.25) is 4.79 Å². The number of nitrogens with one attached hydrogen (secondary N) is 1. The van der Waals surface area contributed by atoms with Crippen LogP contribution in [0.3, 0.4) is 0 Å². The molecule has 1 amide bonds. The smallest absolute Gasteiger partial charge is 0.258 e. The van der Waals surface area contributed by atoms with Crippen LogP contribution in [-0.4, -0.2) is 42.6 Å². The lowest BCUT2D eigenvalue weighted by molar-refractivity contribution is 0.0761. The van der Waals surface area contributed by atoms with Crippen molar-refractivity contribution in [2.24, 2.45) is 5.92 Å². The summed E-state index contributed by atoms with van der Waals surface area (Å²) >= 11 is 0. The maximum atomic E-state index is 12.1. The van der Waals surface area contributed by atoms with Crippen molar-refractivity contribution >= 4 is 5.91 Å². The minimum absolute atomic E-state index is 0.00211. The van der Waals surface area contributed by atoms with Crippen molar-refractivity contribution in [2.45, 2.75) is 19.8 Å². The number of rotatable bonds is 3. The summed E-state index contributed by atoms with van der Waals surface area (Å²) in [4.78, 5) is 13.9. The van der Waals surface area contributed by atoms with Gasteiger partial charge in [0.15, 0.2) is 0 Å². The highest BCUT2D eigenvalue weighted by atomic mass is 16.5. The molecule has 0 aliphatic carbocycles. The molecule has 0 saturated carbocycles. The fraction of sp³-hybridized carbons (Fsp3) is 0.667. The van der Waals surface area contributed by atoms with E-state index in [2.05, 4.69) is 10.5 Å². The summed E-state index contributed by atoms with van der Waals surface area (Å²) in [5, 5.41) is 6.96. The Hall–Kier alpha value is -1.36. The normalized spacial score (nSPS) is 17.1. The van der Waals surface area contributed by atoms with Crippen molar-refractivity contribution in [1.82, 2.24) is 15.4 Å². The molecule has 2 heterocycles. The molecule has 1 aromatic rings. The first kappa shape index (κ1) is 12.1. The highest BCUT2D eigenvalue weighted by molar-refractivity contribution is 5.94. The summed E-state index contributed by atoms with van der Waals surface area (Å²) in [6, 6.07) is 0. The number of nitrogens with zero attached hydrogens (tertiary/aromatic N) is 2. The summed E-state index contributed by atoms with van der Waals surface area (Å²) in [6.45, 7) is 4.68. The molecular formula is C12H19N3O2. The van der Waals surface area contributed by atoms with Crippen LogP contribution in [-0.2, 0) is 0 Å². The van der Waals surface area contributed by atoms with Crippen molar-refractivity contribution in [3.63, 3.8) is 0 Å². The number of piperidine rings is 1. The van der Waals surface area contributed by atoms with Crippen LogP contribution >= 0.6 is 0 Å². The van der Waals surface area contributed by atoms with Gasteiger partial charge < -0.3 is 14.7 Å². The topological polar surface area (TPSA) is 58.4 Å². The fourth-order valence-electron chi connectivity index (χ4n) is 2.24. The Kier molecular flexibility index (Phi) is 3.78. The van der Waals surface area contributed by atoms with Crippen molar-refractivity contribution in [2.75, 3.05) is 26.7 Å². The molecule has 1 aliphatic heterocycles. The number of carbonyl (C=O) groups excluding carboxylic acids is 1. The SMILES string of the molecule is Cc1oncc1C(=O)N(C)CC1CCNCC1. The van der Waals surface area contributed by atoms with Crippen molar-refractivity contribution in [3.8, 4) is 0 Å². The number of carbonyl (C=O) groups is 1. The van der Waals surface area contributed by atoms with Crippen LogP contribution in [0.15, 0.2) is 10.7 Å². The van der Waals surface area contributed by atoms with E-state index in [-0.39, 0.29) is 5.91 Å². The van der Waals surface area contributed by atoms with Gasteiger partial charge in [-0.25, -0.2) is 0 Å². The van der Waals surface area contributed by atoms with E-state index < -0.39 is 0 Å². The van der Waals surface area contributed by atoms with Gasteiger partial charge in [-0.2, -0.15) is 0 Å². The van der Waals surface area contributed by atoms with Crippen LogP contribution in [0.4, 0.5) is 0 Å². The van der Waals surface area contributed by atoms with E-state index >= 15 is 0 Å². The Labute approximate surface area is 101 Å². The monoisotopic (exact) mass is 237 g/mol. The molecule has 5 nitrogen and oxygen atoms in total. The van der Waals surface area contributed by atoms with Gasteiger partial charge in [0.25, 0.3) is 5.91 Å². The maximum Gasteiger partial charge on any atom is 0.258 e. The summed E-state index contributed by atoms with van der Waals surface area (Å²) < 4.78 is 4.92. The van der Waals surface area contributed by atoms with Crippen LogP contribution < -0.4 is 5.32 Å². The van der Waals surface area contributed by atoms with Crippen LogP contribution in [0.5, 0.6) is 0 Å². The third-order valence-corrected chi connectivity index (χ3v) is 3.32. The largest absolute Gasteiger partial charge is 0.361 e. The van der Waals surface area contributed by atoms with Gasteiger partial charge in [0.05, 0.1) is 6.20 Å². The molecule has 1 fully saturated rings. The van der Waals surface area contributed by atoms with E-state index in [0.717, 1.165) is 32.5 Å². The highest BCUT2D eigenvalue weighted by Gasteiger charge is 2.21. The zero-order valence-electron chi connectivity index (χ0n) is 10.4. The highest BCUT2D eigenvalue weighted by Crippen LogP contribution is 2.15.